The average Bonchev–Trinajstić information content (AvgIpc) is 3.60. The van der Waals surface area contributed by atoms with Gasteiger partial charge in [0.1, 0.15) is 41.3 Å². The topological polar surface area (TPSA) is 129 Å². The van der Waals surface area contributed by atoms with Crippen LogP contribution < -0.4 is 14.8 Å². The number of hydrogen-bond donors (Lipinski definition) is 1. The van der Waals surface area contributed by atoms with Crippen molar-refractivity contribution in [2.75, 3.05) is 13.2 Å². The number of carbonyl (C=O) groups is 3. The molecule has 1 N–H and O–H groups in total. The number of fused-ring (bicyclic) bond motifs is 5. The summed E-state index contributed by atoms with van der Waals surface area (Å²) < 4.78 is 24.1. The predicted molar refractivity (Wildman–Crippen MR) is 177 cm³/mol. The fourth-order valence-electron chi connectivity index (χ4n) is 6.74. The molecule has 2 aromatic rings. The van der Waals surface area contributed by atoms with Gasteiger partial charge >= 0.3 is 12.1 Å². The minimum absolute atomic E-state index is 0.118. The van der Waals surface area contributed by atoms with Crippen molar-refractivity contribution in [3.8, 4) is 11.6 Å². The lowest BCUT2D eigenvalue weighted by atomic mass is 9.85. The van der Waals surface area contributed by atoms with Gasteiger partial charge in [-0.15, -0.1) is 0 Å². The van der Waals surface area contributed by atoms with Gasteiger partial charge in [-0.1, -0.05) is 40.5 Å². The first-order chi connectivity index (χ1) is 22.2. The van der Waals surface area contributed by atoms with E-state index >= 15 is 0 Å². The number of aromatic nitrogens is 2. The second-order valence-corrected chi connectivity index (χ2v) is 15.2. The molecule has 1 aromatic heterocycles. The zero-order valence-electron chi connectivity index (χ0n) is 29.3. The van der Waals surface area contributed by atoms with Gasteiger partial charge in [-0.2, -0.15) is 0 Å². The molecule has 11 nitrogen and oxygen atoms in total. The number of nitrogens with zero attached hydrogens (tertiary/aromatic N) is 3. The van der Waals surface area contributed by atoms with E-state index in [1.165, 1.54) is 4.90 Å². The molecule has 1 saturated carbocycles. The largest absolute Gasteiger partial charge is 0.494 e. The van der Waals surface area contributed by atoms with Crippen LogP contribution in [0.25, 0.3) is 11.0 Å². The lowest BCUT2D eigenvalue weighted by Gasteiger charge is -2.36. The number of benzene rings is 1. The van der Waals surface area contributed by atoms with Gasteiger partial charge in [-0.05, 0) is 83.3 Å². The van der Waals surface area contributed by atoms with Crippen LogP contribution in [-0.4, -0.2) is 75.9 Å². The van der Waals surface area contributed by atoms with Gasteiger partial charge in [0.15, 0.2) is 0 Å². The highest BCUT2D eigenvalue weighted by molar-refractivity contribution is 5.91. The molecule has 1 aliphatic carbocycles. The number of esters is 1. The number of nitrogens with one attached hydrogen (secondary N) is 1. The Morgan fingerprint density at radius 3 is 2.45 bits per heavy atom. The first-order valence-electron chi connectivity index (χ1n) is 17.3. The van der Waals surface area contributed by atoms with Crippen molar-refractivity contribution < 1.29 is 33.3 Å². The highest BCUT2D eigenvalue weighted by atomic mass is 16.6. The summed E-state index contributed by atoms with van der Waals surface area (Å²) in [5.74, 6) is 0.149. The summed E-state index contributed by atoms with van der Waals surface area (Å²) in [6, 6.07) is 3.80. The first-order valence-corrected chi connectivity index (χ1v) is 17.3. The zero-order chi connectivity index (χ0) is 34.1. The first kappa shape index (κ1) is 34.7. The third-order valence-corrected chi connectivity index (χ3v) is 9.22. The third kappa shape index (κ3) is 8.27. The number of rotatable bonds is 4. The number of aryl methyl sites for hydroxylation is 1. The summed E-state index contributed by atoms with van der Waals surface area (Å²) in [4.78, 5) is 53.0. The van der Waals surface area contributed by atoms with E-state index in [-0.39, 0.29) is 18.6 Å². The van der Waals surface area contributed by atoms with E-state index in [0.717, 1.165) is 43.3 Å². The molecule has 1 saturated heterocycles. The van der Waals surface area contributed by atoms with E-state index in [1.807, 2.05) is 73.6 Å². The van der Waals surface area contributed by atoms with Crippen LogP contribution in [0.5, 0.6) is 11.6 Å². The summed E-state index contributed by atoms with van der Waals surface area (Å²) in [5.41, 5.74) is 0.713. The number of hydrogen-bond acceptors (Lipinski definition) is 9. The van der Waals surface area contributed by atoms with Crippen LogP contribution in [0.4, 0.5) is 4.79 Å². The molecule has 3 heterocycles. The molecule has 2 amide bonds. The molecule has 258 valence electrons. The molecule has 1 unspecified atom stereocenters. The van der Waals surface area contributed by atoms with Gasteiger partial charge in [0, 0.05) is 12.0 Å². The van der Waals surface area contributed by atoms with E-state index in [0.29, 0.717) is 42.5 Å². The number of amides is 2. The molecule has 11 heteroatoms. The summed E-state index contributed by atoms with van der Waals surface area (Å²) in [6.45, 7) is 15.6. The van der Waals surface area contributed by atoms with Crippen LogP contribution in [0.3, 0.4) is 0 Å². The normalized spacial score (nSPS) is 27.4. The predicted octanol–water partition coefficient (Wildman–Crippen LogP) is 6.00. The smallest absolute Gasteiger partial charge is 0.408 e. The Kier molecular flexibility index (Phi) is 10.2. The SMILES string of the molecule is CCOc1ccc2nc3c(nc2c1)O[C@H]1CN(C(=O)[C@H](C(C)(C)C)NC(=O)O[C@@H]2CC2CCCCC3)[C@H](C(=O)OC(C)(C)C)[C@@H]1CC. The summed E-state index contributed by atoms with van der Waals surface area (Å²) in [7, 11) is 0. The minimum atomic E-state index is -0.944. The molecule has 5 rings (SSSR count). The van der Waals surface area contributed by atoms with Crippen molar-refractivity contribution in [3.63, 3.8) is 0 Å². The van der Waals surface area contributed by atoms with E-state index < -0.39 is 47.2 Å². The van der Waals surface area contributed by atoms with Gasteiger partial charge in [0.25, 0.3) is 0 Å². The number of carbonyl (C=O) groups excluding carboxylic acids is 3. The third-order valence-electron chi connectivity index (χ3n) is 9.22. The van der Waals surface area contributed by atoms with E-state index in [9.17, 15) is 14.4 Å². The minimum Gasteiger partial charge on any atom is -0.494 e. The van der Waals surface area contributed by atoms with E-state index in [1.54, 1.807) is 0 Å². The molecule has 2 bridgehead atoms. The number of alkyl carbamates (subject to hydrolysis) is 1. The molecular formula is C36H52N4O7. The Balaban J connectivity index is 1.57. The standard InChI is InChI=1S/C36H52N4O7/c1-9-23-28-20-40(29(23)33(42)47-36(6,7)8)32(41)30(35(3,4)5)39-34(43)46-27-18-21(27)14-12-11-13-15-25-31(45-28)38-26-19-22(44-10-2)16-17-24(26)37-25/h16-17,19,21,23,27-30H,9-15,18,20H2,1-8H3,(H,39,43)/t21?,23-,27-,28+,29+,30-/m1/s1. The maximum Gasteiger partial charge on any atom is 0.408 e. The Hall–Kier alpha value is -3.63. The molecule has 47 heavy (non-hydrogen) atoms. The molecule has 1 aromatic carbocycles. The van der Waals surface area contributed by atoms with Gasteiger partial charge in [-0.3, -0.25) is 4.79 Å². The molecule has 0 spiro atoms. The number of ether oxygens (including phenoxy) is 4. The fourth-order valence-corrected chi connectivity index (χ4v) is 6.74. The maximum absolute atomic E-state index is 14.5. The highest BCUT2D eigenvalue weighted by Crippen LogP contribution is 2.39. The van der Waals surface area contributed by atoms with Gasteiger partial charge in [0.05, 0.1) is 24.2 Å². The van der Waals surface area contributed by atoms with E-state index in [4.69, 9.17) is 28.9 Å². The molecule has 2 fully saturated rings. The summed E-state index contributed by atoms with van der Waals surface area (Å²) >= 11 is 0. The lowest BCUT2D eigenvalue weighted by molar-refractivity contribution is -0.165. The van der Waals surface area contributed by atoms with Crippen LogP contribution >= 0.6 is 0 Å². The Labute approximate surface area is 278 Å². The highest BCUT2D eigenvalue weighted by Gasteiger charge is 2.53. The van der Waals surface area contributed by atoms with Gasteiger partial charge < -0.3 is 29.2 Å². The maximum atomic E-state index is 14.5. The van der Waals surface area contributed by atoms with Crippen molar-refractivity contribution in [1.82, 2.24) is 20.2 Å². The Morgan fingerprint density at radius 1 is 1.00 bits per heavy atom. The van der Waals surface area contributed by atoms with Crippen LogP contribution in [0, 0.1) is 17.3 Å². The van der Waals surface area contributed by atoms with Crippen LogP contribution in [0.15, 0.2) is 18.2 Å². The van der Waals surface area contributed by atoms with Crippen molar-refractivity contribution in [3.05, 3.63) is 23.9 Å². The van der Waals surface area contributed by atoms with Crippen molar-refractivity contribution >= 4 is 29.0 Å². The molecule has 3 aliphatic rings. The molecule has 6 atom stereocenters. The zero-order valence-corrected chi connectivity index (χ0v) is 29.3. The molecule has 0 radical (unpaired) electrons. The van der Waals surface area contributed by atoms with Crippen molar-refractivity contribution in [2.45, 2.75) is 130 Å². The Morgan fingerprint density at radius 2 is 1.77 bits per heavy atom. The monoisotopic (exact) mass is 652 g/mol. The molecule has 2 aliphatic heterocycles. The van der Waals surface area contributed by atoms with Gasteiger partial charge in [0.2, 0.25) is 11.8 Å². The second-order valence-electron chi connectivity index (χ2n) is 15.2. The summed E-state index contributed by atoms with van der Waals surface area (Å²) in [6.07, 6.45) is 4.59. The van der Waals surface area contributed by atoms with E-state index in [2.05, 4.69) is 5.32 Å². The lowest BCUT2D eigenvalue weighted by Crippen LogP contribution is -2.58. The average molecular weight is 653 g/mol. The van der Waals surface area contributed by atoms with Crippen LogP contribution in [-0.2, 0) is 25.5 Å². The quantitative estimate of drug-likeness (QED) is 0.396. The van der Waals surface area contributed by atoms with Crippen molar-refractivity contribution in [2.24, 2.45) is 17.3 Å². The van der Waals surface area contributed by atoms with Crippen LogP contribution in [0.1, 0.15) is 99.6 Å². The van der Waals surface area contributed by atoms with Crippen LogP contribution in [0.2, 0.25) is 0 Å². The van der Waals surface area contributed by atoms with Crippen molar-refractivity contribution in [1.29, 1.82) is 0 Å². The van der Waals surface area contributed by atoms with Gasteiger partial charge in [-0.25, -0.2) is 19.6 Å². The Bertz CT molecular complexity index is 1470. The fraction of sp³-hybridized carbons (Fsp3) is 0.694. The second kappa shape index (κ2) is 13.8. The molecular weight excluding hydrogens is 600 g/mol. The summed E-state index contributed by atoms with van der Waals surface area (Å²) in [5, 5.41) is 2.86.